The van der Waals surface area contributed by atoms with Crippen molar-refractivity contribution >= 4 is 11.8 Å². The Balaban J connectivity index is 2.04. The van der Waals surface area contributed by atoms with Gasteiger partial charge in [0.15, 0.2) is 0 Å². The predicted octanol–water partition coefficient (Wildman–Crippen LogP) is 3.38. The van der Waals surface area contributed by atoms with Crippen LogP contribution in [0.25, 0.3) is 0 Å². The van der Waals surface area contributed by atoms with E-state index in [2.05, 4.69) is 5.32 Å². The van der Waals surface area contributed by atoms with Crippen LogP contribution in [0.15, 0.2) is 18.2 Å². The first-order valence-electron chi connectivity index (χ1n) is 6.43. The molecule has 1 N–H and O–H groups in total. The highest BCUT2D eigenvalue weighted by Crippen LogP contribution is 2.29. The van der Waals surface area contributed by atoms with Crippen molar-refractivity contribution in [2.75, 3.05) is 12.8 Å². The van der Waals surface area contributed by atoms with Crippen LogP contribution in [0.1, 0.15) is 24.8 Å². The summed E-state index contributed by atoms with van der Waals surface area (Å²) in [6.07, 6.45) is 4.41. The molecule has 1 aliphatic heterocycles. The number of hydrogen-bond acceptors (Lipinski definition) is 2. The summed E-state index contributed by atoms with van der Waals surface area (Å²) < 4.78 is 26.3. The van der Waals surface area contributed by atoms with Gasteiger partial charge in [-0.3, -0.25) is 0 Å². The Bertz CT molecular complexity index is 371. The van der Waals surface area contributed by atoms with Crippen molar-refractivity contribution in [3.8, 4) is 0 Å². The van der Waals surface area contributed by atoms with E-state index >= 15 is 0 Å². The first-order valence-corrected chi connectivity index (χ1v) is 7.48. The van der Waals surface area contributed by atoms with Crippen LogP contribution in [0.5, 0.6) is 0 Å². The van der Waals surface area contributed by atoms with Crippen molar-refractivity contribution in [1.82, 2.24) is 5.32 Å². The molecule has 2 rings (SSSR count). The summed E-state index contributed by atoms with van der Waals surface area (Å²) in [6.45, 7) is 0. The van der Waals surface area contributed by atoms with Gasteiger partial charge in [-0.2, -0.15) is 11.8 Å². The van der Waals surface area contributed by atoms with Crippen LogP contribution >= 0.6 is 11.8 Å². The maximum absolute atomic E-state index is 13.2. The van der Waals surface area contributed by atoms with Crippen molar-refractivity contribution in [1.29, 1.82) is 0 Å². The minimum Gasteiger partial charge on any atom is -0.316 e. The predicted molar refractivity (Wildman–Crippen MR) is 73.0 cm³/mol. The molecule has 100 valence electrons. The second-order valence-corrected chi connectivity index (χ2v) is 6.13. The summed E-state index contributed by atoms with van der Waals surface area (Å²) in [6, 6.07) is 4.08. The molecule has 1 fully saturated rings. The summed E-state index contributed by atoms with van der Waals surface area (Å²) in [5, 5.41) is 3.84. The average Bonchev–Trinajstić information content (AvgIpc) is 2.36. The lowest BCUT2D eigenvalue weighted by atomic mass is 9.99. The highest BCUT2D eigenvalue weighted by atomic mass is 32.2. The van der Waals surface area contributed by atoms with Gasteiger partial charge in [0.05, 0.1) is 0 Å². The number of rotatable bonds is 4. The SMILES string of the molecule is CNC(Cc1cc(F)cc(F)c1)C1CCCCS1. The molecule has 2 atom stereocenters. The summed E-state index contributed by atoms with van der Waals surface area (Å²) in [7, 11) is 1.93. The van der Waals surface area contributed by atoms with E-state index < -0.39 is 11.6 Å². The van der Waals surface area contributed by atoms with Crippen molar-refractivity contribution in [3.05, 3.63) is 35.4 Å². The summed E-state index contributed by atoms with van der Waals surface area (Å²) in [4.78, 5) is 0. The fourth-order valence-electron chi connectivity index (χ4n) is 2.49. The Morgan fingerprint density at radius 3 is 2.56 bits per heavy atom. The molecule has 1 nitrogen and oxygen atoms in total. The molecule has 2 unspecified atom stereocenters. The lowest BCUT2D eigenvalue weighted by Crippen LogP contribution is -2.39. The van der Waals surface area contributed by atoms with Gasteiger partial charge < -0.3 is 5.32 Å². The van der Waals surface area contributed by atoms with Gasteiger partial charge in [0.1, 0.15) is 11.6 Å². The van der Waals surface area contributed by atoms with Gasteiger partial charge in [0.2, 0.25) is 0 Å². The van der Waals surface area contributed by atoms with Gasteiger partial charge in [-0.05, 0) is 49.8 Å². The summed E-state index contributed by atoms with van der Waals surface area (Å²) in [5.41, 5.74) is 0.734. The first-order chi connectivity index (χ1) is 8.69. The van der Waals surface area contributed by atoms with Crippen molar-refractivity contribution < 1.29 is 8.78 Å². The van der Waals surface area contributed by atoms with Crippen LogP contribution in [0.3, 0.4) is 0 Å². The van der Waals surface area contributed by atoms with Crippen LogP contribution in [0, 0.1) is 11.6 Å². The topological polar surface area (TPSA) is 12.0 Å². The highest BCUT2D eigenvalue weighted by molar-refractivity contribution is 8.00. The minimum absolute atomic E-state index is 0.288. The normalized spacial score (nSPS) is 21.8. The van der Waals surface area contributed by atoms with Gasteiger partial charge in [-0.25, -0.2) is 8.78 Å². The van der Waals surface area contributed by atoms with Crippen molar-refractivity contribution in [2.45, 2.75) is 37.0 Å². The fraction of sp³-hybridized carbons (Fsp3) is 0.571. The molecule has 1 heterocycles. The second kappa shape index (κ2) is 6.53. The van der Waals surface area contributed by atoms with Crippen LogP contribution in [-0.2, 0) is 6.42 Å². The molecule has 0 radical (unpaired) electrons. The van der Waals surface area contributed by atoms with Gasteiger partial charge in [0, 0.05) is 17.4 Å². The molecule has 18 heavy (non-hydrogen) atoms. The van der Waals surface area contributed by atoms with Gasteiger partial charge in [-0.15, -0.1) is 0 Å². The largest absolute Gasteiger partial charge is 0.316 e. The van der Waals surface area contributed by atoms with E-state index in [4.69, 9.17) is 0 Å². The van der Waals surface area contributed by atoms with E-state index in [1.807, 2.05) is 18.8 Å². The molecule has 0 aliphatic carbocycles. The molecule has 0 bridgehead atoms. The first kappa shape index (κ1) is 13.8. The summed E-state index contributed by atoms with van der Waals surface area (Å²) >= 11 is 1.97. The molecule has 1 aliphatic rings. The Labute approximate surface area is 111 Å². The van der Waals surface area contributed by atoms with E-state index in [-0.39, 0.29) is 6.04 Å². The molecular weight excluding hydrogens is 252 g/mol. The number of nitrogens with one attached hydrogen (secondary N) is 1. The monoisotopic (exact) mass is 271 g/mol. The Kier molecular flexibility index (Phi) is 5.01. The molecule has 0 saturated carbocycles. The average molecular weight is 271 g/mol. The maximum atomic E-state index is 13.2. The van der Waals surface area contributed by atoms with Crippen LogP contribution in [0.4, 0.5) is 8.78 Å². The van der Waals surface area contributed by atoms with Crippen molar-refractivity contribution in [3.63, 3.8) is 0 Å². The molecule has 1 aromatic rings. The van der Waals surface area contributed by atoms with Gasteiger partial charge in [-0.1, -0.05) is 6.42 Å². The van der Waals surface area contributed by atoms with Gasteiger partial charge in [0.25, 0.3) is 0 Å². The minimum atomic E-state index is -0.490. The Hall–Kier alpha value is -0.610. The maximum Gasteiger partial charge on any atom is 0.126 e. The molecule has 0 spiro atoms. The van der Waals surface area contributed by atoms with E-state index in [0.717, 1.165) is 11.6 Å². The number of benzene rings is 1. The number of halogens is 2. The fourth-order valence-corrected chi connectivity index (χ4v) is 3.96. The van der Waals surface area contributed by atoms with Crippen molar-refractivity contribution in [2.24, 2.45) is 0 Å². The lowest BCUT2D eigenvalue weighted by Gasteiger charge is -2.29. The summed E-state index contributed by atoms with van der Waals surface area (Å²) in [5.74, 6) is 0.215. The molecule has 0 amide bonds. The zero-order valence-electron chi connectivity index (χ0n) is 10.6. The number of likely N-dealkylation sites (N-methyl/N-ethyl adjacent to an activating group) is 1. The number of thioether (sulfide) groups is 1. The van der Waals surface area contributed by atoms with Crippen LogP contribution in [0.2, 0.25) is 0 Å². The number of hydrogen-bond donors (Lipinski definition) is 1. The standard InChI is InChI=1S/C14H19F2NS/c1-17-13(14-4-2-3-5-18-14)8-10-6-11(15)9-12(16)7-10/h6-7,9,13-14,17H,2-5,8H2,1H3. The molecule has 1 aromatic carbocycles. The smallest absolute Gasteiger partial charge is 0.126 e. The highest BCUT2D eigenvalue weighted by Gasteiger charge is 2.23. The third kappa shape index (κ3) is 3.69. The molecule has 0 aromatic heterocycles. The molecule has 4 heteroatoms. The van der Waals surface area contributed by atoms with E-state index in [9.17, 15) is 8.78 Å². The Morgan fingerprint density at radius 2 is 2.00 bits per heavy atom. The van der Waals surface area contributed by atoms with Crippen LogP contribution in [-0.4, -0.2) is 24.1 Å². The van der Waals surface area contributed by atoms with E-state index in [1.165, 1.54) is 37.1 Å². The zero-order chi connectivity index (χ0) is 13.0. The quantitative estimate of drug-likeness (QED) is 0.901. The second-order valence-electron chi connectivity index (χ2n) is 4.78. The van der Waals surface area contributed by atoms with E-state index in [0.29, 0.717) is 11.7 Å². The molecular formula is C14H19F2NS. The Morgan fingerprint density at radius 1 is 1.28 bits per heavy atom. The molecule has 1 saturated heterocycles. The lowest BCUT2D eigenvalue weighted by molar-refractivity contribution is 0.491. The zero-order valence-corrected chi connectivity index (χ0v) is 11.4. The van der Waals surface area contributed by atoms with Crippen LogP contribution < -0.4 is 5.32 Å². The third-order valence-electron chi connectivity index (χ3n) is 3.41. The van der Waals surface area contributed by atoms with E-state index in [1.54, 1.807) is 0 Å². The third-order valence-corrected chi connectivity index (χ3v) is 4.93. The van der Waals surface area contributed by atoms with Gasteiger partial charge >= 0.3 is 0 Å².